The number of rotatable bonds is 11. The number of amides is 1. The van der Waals surface area contributed by atoms with Gasteiger partial charge in [-0.05, 0) is 64.8 Å². The Morgan fingerprint density at radius 1 is 1.18 bits per heavy atom. The van der Waals surface area contributed by atoms with Crippen LogP contribution in [0.5, 0.6) is 5.75 Å². The number of hydrogen-bond acceptors (Lipinski definition) is 7. The number of nitrogens with one attached hydrogen (secondary N) is 1. The van der Waals surface area contributed by atoms with Crippen molar-refractivity contribution in [3.8, 4) is 11.9 Å². The van der Waals surface area contributed by atoms with Crippen LogP contribution in [0.2, 0.25) is 10.0 Å². The van der Waals surface area contributed by atoms with Crippen LogP contribution >= 0.6 is 23.2 Å². The number of halogens is 4. The van der Waals surface area contributed by atoms with Crippen molar-refractivity contribution >= 4 is 52.4 Å². The average molecular weight is 652 g/mol. The molecule has 0 fully saturated rings. The molecule has 0 saturated carbocycles. The first-order valence-electron chi connectivity index (χ1n) is 13.9. The van der Waals surface area contributed by atoms with E-state index in [4.69, 9.17) is 33.0 Å². The van der Waals surface area contributed by atoms with E-state index in [1.54, 1.807) is 49.9 Å². The van der Waals surface area contributed by atoms with E-state index in [0.717, 1.165) is 0 Å². The fourth-order valence-corrected chi connectivity index (χ4v) is 4.78. The Kier molecular flexibility index (Phi) is 12.3. The Morgan fingerprint density at radius 3 is 2.55 bits per heavy atom. The van der Waals surface area contributed by atoms with Gasteiger partial charge in [0.15, 0.2) is 6.19 Å². The molecule has 0 aliphatic carbocycles. The van der Waals surface area contributed by atoms with Crippen LogP contribution in [-0.4, -0.2) is 64.8 Å². The van der Waals surface area contributed by atoms with Crippen molar-refractivity contribution in [3.63, 3.8) is 0 Å². The molecular weight excluding hydrogens is 617 g/mol. The van der Waals surface area contributed by atoms with Gasteiger partial charge in [0.05, 0.1) is 34.0 Å². The minimum absolute atomic E-state index is 0.00243. The fraction of sp³-hybridized carbons (Fsp3) is 0.433. The van der Waals surface area contributed by atoms with E-state index in [1.807, 2.05) is 13.1 Å². The predicted molar refractivity (Wildman–Crippen MR) is 164 cm³/mol. The smallest absolute Gasteiger partial charge is 0.387 e. The third-order valence-electron chi connectivity index (χ3n) is 6.27. The fourth-order valence-electron chi connectivity index (χ4n) is 4.48. The third-order valence-corrected chi connectivity index (χ3v) is 7.01. The second-order valence-electron chi connectivity index (χ2n) is 10.7. The number of ether oxygens (including phenoxy) is 2. The number of carbonyl (C=O) groups is 2. The van der Waals surface area contributed by atoms with E-state index in [1.165, 1.54) is 23.2 Å². The molecule has 0 bridgehead atoms. The molecule has 236 valence electrons. The SMILES string of the molecule is CCN(C(=O)CCCCC(=O)OC(C)(C)C)C1CN(C(=Nc2cccc(OC(F)F)c2)NC#N)N=C1c1ccc(Cl)c(Cl)c1. The van der Waals surface area contributed by atoms with E-state index in [-0.39, 0.29) is 48.7 Å². The molecule has 1 N–H and O–H groups in total. The summed E-state index contributed by atoms with van der Waals surface area (Å²) in [4.78, 5) is 31.6. The lowest BCUT2D eigenvalue weighted by molar-refractivity contribution is -0.155. The molecular formula is C30H34Cl2F2N6O4. The maximum absolute atomic E-state index is 13.5. The second kappa shape index (κ2) is 15.7. The molecule has 0 spiro atoms. The summed E-state index contributed by atoms with van der Waals surface area (Å²) in [5.74, 6) is -0.574. The lowest BCUT2D eigenvalue weighted by Crippen LogP contribution is -2.48. The molecule has 0 radical (unpaired) electrons. The molecule has 0 saturated heterocycles. The van der Waals surface area contributed by atoms with Gasteiger partial charge in [-0.25, -0.2) is 10.0 Å². The number of nitriles is 1. The van der Waals surface area contributed by atoms with Gasteiger partial charge in [0.25, 0.3) is 0 Å². The highest BCUT2D eigenvalue weighted by molar-refractivity contribution is 6.42. The first kappa shape index (κ1) is 34.5. The van der Waals surface area contributed by atoms with E-state index in [0.29, 0.717) is 40.7 Å². The van der Waals surface area contributed by atoms with Gasteiger partial charge < -0.3 is 14.4 Å². The number of hydrogen-bond donors (Lipinski definition) is 1. The van der Waals surface area contributed by atoms with E-state index in [9.17, 15) is 23.6 Å². The van der Waals surface area contributed by atoms with Gasteiger partial charge in [0.2, 0.25) is 11.9 Å². The number of unbranched alkanes of at least 4 members (excludes halogenated alkanes) is 1. The standard InChI is InChI=1S/C30H34Cl2F2N6O4/c1-5-39(25(41)11-6-7-12-26(42)44-30(2,3)4)24-17-40(38-27(24)19-13-14-22(31)23(32)15-19)29(36-18-35)37-20-9-8-10-21(16-20)43-28(33)34/h8-10,13-16,24,28H,5-7,11-12,17H2,1-4H3,(H,36,37). The first-order valence-corrected chi connectivity index (χ1v) is 14.7. The van der Waals surface area contributed by atoms with Crippen molar-refractivity contribution < 1.29 is 27.8 Å². The summed E-state index contributed by atoms with van der Waals surface area (Å²) in [7, 11) is 0. The highest BCUT2D eigenvalue weighted by atomic mass is 35.5. The van der Waals surface area contributed by atoms with Crippen LogP contribution in [0.3, 0.4) is 0 Å². The van der Waals surface area contributed by atoms with Crippen LogP contribution in [0.25, 0.3) is 0 Å². The van der Waals surface area contributed by atoms with Crippen molar-refractivity contribution in [2.24, 2.45) is 10.1 Å². The Bertz CT molecular complexity index is 1440. The normalized spacial score (nSPS) is 15.1. The van der Waals surface area contributed by atoms with Gasteiger partial charge >= 0.3 is 12.6 Å². The number of esters is 1. The summed E-state index contributed by atoms with van der Waals surface area (Å²) in [5.41, 5.74) is 0.733. The summed E-state index contributed by atoms with van der Waals surface area (Å²) in [6.07, 6.45) is 3.18. The van der Waals surface area contributed by atoms with Gasteiger partial charge in [-0.15, -0.1) is 0 Å². The number of guanidine groups is 1. The van der Waals surface area contributed by atoms with E-state index < -0.39 is 18.3 Å². The van der Waals surface area contributed by atoms with Crippen molar-refractivity contribution in [1.29, 1.82) is 5.26 Å². The first-order chi connectivity index (χ1) is 20.8. The highest BCUT2D eigenvalue weighted by Gasteiger charge is 2.36. The minimum atomic E-state index is -3.02. The van der Waals surface area contributed by atoms with Crippen LogP contribution in [0.15, 0.2) is 52.6 Å². The Hall–Kier alpha value is -3.95. The molecule has 1 aliphatic heterocycles. The summed E-state index contributed by atoms with van der Waals surface area (Å²) in [6.45, 7) is 4.68. The van der Waals surface area contributed by atoms with Crippen LogP contribution in [0, 0.1) is 11.5 Å². The van der Waals surface area contributed by atoms with Gasteiger partial charge in [0, 0.05) is 31.0 Å². The van der Waals surface area contributed by atoms with Crippen LogP contribution in [0.4, 0.5) is 14.5 Å². The molecule has 1 amide bonds. The van der Waals surface area contributed by atoms with Crippen molar-refractivity contribution in [2.75, 3.05) is 13.1 Å². The number of benzene rings is 2. The topological polar surface area (TPSA) is 120 Å². The third kappa shape index (κ3) is 10.1. The largest absolute Gasteiger partial charge is 0.460 e. The molecule has 1 heterocycles. The maximum atomic E-state index is 13.5. The van der Waals surface area contributed by atoms with Crippen LogP contribution in [0.1, 0.15) is 58.9 Å². The molecule has 2 aromatic rings. The van der Waals surface area contributed by atoms with Crippen molar-refractivity contribution in [3.05, 3.63) is 58.1 Å². The van der Waals surface area contributed by atoms with Crippen LogP contribution in [-0.2, 0) is 14.3 Å². The quantitative estimate of drug-likeness (QED) is 0.0737. The Balaban J connectivity index is 1.88. The van der Waals surface area contributed by atoms with Gasteiger partial charge in [-0.3, -0.25) is 14.9 Å². The van der Waals surface area contributed by atoms with Crippen molar-refractivity contribution in [2.45, 2.75) is 71.6 Å². The lowest BCUT2D eigenvalue weighted by atomic mass is 10.0. The molecule has 2 aromatic carbocycles. The number of alkyl halides is 2. The minimum Gasteiger partial charge on any atom is -0.460 e. The summed E-state index contributed by atoms with van der Waals surface area (Å²) < 4.78 is 35.3. The summed E-state index contributed by atoms with van der Waals surface area (Å²) >= 11 is 12.5. The van der Waals surface area contributed by atoms with E-state index >= 15 is 0 Å². The van der Waals surface area contributed by atoms with Gasteiger partial charge in [-0.2, -0.15) is 19.1 Å². The summed E-state index contributed by atoms with van der Waals surface area (Å²) in [6, 6.07) is 10.1. The predicted octanol–water partition coefficient (Wildman–Crippen LogP) is 6.49. The zero-order chi connectivity index (χ0) is 32.4. The monoisotopic (exact) mass is 650 g/mol. The van der Waals surface area contributed by atoms with Crippen molar-refractivity contribution in [1.82, 2.24) is 15.2 Å². The summed E-state index contributed by atoms with van der Waals surface area (Å²) in [5, 5.41) is 18.7. The molecule has 1 aliphatic rings. The Labute approximate surface area is 265 Å². The molecule has 10 nitrogen and oxygen atoms in total. The number of likely N-dealkylation sites (N-methyl/N-ethyl adjacent to an activating group) is 1. The molecule has 44 heavy (non-hydrogen) atoms. The molecule has 1 unspecified atom stereocenters. The average Bonchev–Trinajstić information content (AvgIpc) is 3.36. The zero-order valence-corrected chi connectivity index (χ0v) is 26.3. The number of nitrogens with zero attached hydrogens (tertiary/aromatic N) is 5. The number of hydrazone groups is 1. The second-order valence-corrected chi connectivity index (χ2v) is 11.5. The molecule has 0 aromatic heterocycles. The van der Waals surface area contributed by atoms with Crippen LogP contribution < -0.4 is 10.1 Å². The highest BCUT2D eigenvalue weighted by Crippen LogP contribution is 2.28. The lowest BCUT2D eigenvalue weighted by Gasteiger charge is -2.29. The number of aliphatic imine (C=N–C) groups is 1. The van der Waals surface area contributed by atoms with E-state index in [2.05, 4.69) is 15.0 Å². The molecule has 3 rings (SSSR count). The Morgan fingerprint density at radius 2 is 1.91 bits per heavy atom. The zero-order valence-electron chi connectivity index (χ0n) is 24.8. The maximum Gasteiger partial charge on any atom is 0.387 e. The van der Waals surface area contributed by atoms with Gasteiger partial charge in [-0.1, -0.05) is 35.3 Å². The molecule has 1 atom stereocenters. The van der Waals surface area contributed by atoms with Gasteiger partial charge in [0.1, 0.15) is 11.4 Å². The number of carbonyl (C=O) groups excluding carboxylic acids is 2. The molecule has 14 heteroatoms.